The van der Waals surface area contributed by atoms with E-state index in [9.17, 15) is 5.11 Å². The van der Waals surface area contributed by atoms with Crippen LogP contribution < -0.4 is 5.32 Å². The van der Waals surface area contributed by atoms with E-state index in [1.54, 1.807) is 24.5 Å². The van der Waals surface area contributed by atoms with E-state index in [0.29, 0.717) is 17.3 Å². The molecule has 2 aromatic rings. The van der Waals surface area contributed by atoms with Gasteiger partial charge in [0, 0.05) is 42.0 Å². The molecule has 0 aliphatic carbocycles. The number of phenolic OH excluding ortho intramolecular Hbond substituents is 1. The molecule has 1 aromatic heterocycles. The molecule has 2 heterocycles. The molecule has 7 nitrogen and oxygen atoms in total. The Balaban J connectivity index is 1.73. The fourth-order valence-electron chi connectivity index (χ4n) is 3.54. The van der Waals surface area contributed by atoms with Crippen LogP contribution in [0.5, 0.6) is 5.75 Å². The number of rotatable bonds is 5. The van der Waals surface area contributed by atoms with Crippen molar-refractivity contribution >= 4 is 11.5 Å². The van der Waals surface area contributed by atoms with E-state index >= 15 is 0 Å². The van der Waals surface area contributed by atoms with E-state index in [-0.39, 0.29) is 11.3 Å². The molecule has 1 saturated heterocycles. The number of H-pyrrole nitrogens is 1. The first-order valence-corrected chi connectivity index (χ1v) is 9.86. The molecule has 0 radical (unpaired) electrons. The minimum Gasteiger partial charge on any atom is -0.507 e. The van der Waals surface area contributed by atoms with Gasteiger partial charge in [0.15, 0.2) is 5.84 Å². The molecule has 7 heteroatoms. The summed E-state index contributed by atoms with van der Waals surface area (Å²) in [6, 6.07) is 5.91. The number of nitrogens with one attached hydrogen (secondary N) is 2. The van der Waals surface area contributed by atoms with Crippen LogP contribution in [-0.2, 0) is 0 Å². The number of nitrogens with zero attached hydrogens (tertiary/aromatic N) is 4. The summed E-state index contributed by atoms with van der Waals surface area (Å²) in [4.78, 5) is 2.19. The fraction of sp³-hybridized carbons (Fsp3) is 0.409. The Morgan fingerprint density at radius 2 is 2.14 bits per heavy atom. The molecule has 154 valence electrons. The Kier molecular flexibility index (Phi) is 6.17. The number of hydrogen-bond acceptors (Lipinski definition) is 5. The third kappa shape index (κ3) is 5.32. The van der Waals surface area contributed by atoms with Crippen LogP contribution in [-0.4, -0.2) is 56.4 Å². The summed E-state index contributed by atoms with van der Waals surface area (Å²) in [7, 11) is 0. The Hall–Kier alpha value is -2.93. The highest BCUT2D eigenvalue weighted by Crippen LogP contribution is 2.26. The van der Waals surface area contributed by atoms with E-state index in [0.717, 1.165) is 36.5 Å². The average molecular weight is 395 g/mol. The van der Waals surface area contributed by atoms with Gasteiger partial charge in [0.2, 0.25) is 0 Å². The topological polar surface area (TPSA) is 88.9 Å². The predicted molar refractivity (Wildman–Crippen MR) is 118 cm³/mol. The third-order valence-corrected chi connectivity index (χ3v) is 4.85. The molecule has 1 fully saturated rings. The summed E-state index contributed by atoms with van der Waals surface area (Å²) >= 11 is 0. The van der Waals surface area contributed by atoms with Crippen molar-refractivity contribution in [3.63, 3.8) is 0 Å². The zero-order chi connectivity index (χ0) is 21.0. The lowest BCUT2D eigenvalue weighted by Gasteiger charge is -2.26. The monoisotopic (exact) mass is 394 g/mol. The van der Waals surface area contributed by atoms with Gasteiger partial charge in [-0.3, -0.25) is 5.10 Å². The molecule has 0 spiro atoms. The first-order chi connectivity index (χ1) is 13.8. The van der Waals surface area contributed by atoms with Crippen molar-refractivity contribution in [2.45, 2.75) is 45.7 Å². The fourth-order valence-corrected chi connectivity index (χ4v) is 3.54. The summed E-state index contributed by atoms with van der Waals surface area (Å²) in [5.41, 5.74) is 3.18. The highest BCUT2D eigenvalue weighted by atomic mass is 16.3. The van der Waals surface area contributed by atoms with Gasteiger partial charge in [-0.25, -0.2) is 0 Å². The summed E-state index contributed by atoms with van der Waals surface area (Å²) in [6.07, 6.45) is 6.29. The molecule has 1 aromatic carbocycles. The zero-order valence-corrected chi connectivity index (χ0v) is 17.6. The number of likely N-dealkylation sites (tertiary alicyclic amines) is 1. The first kappa shape index (κ1) is 20.8. The molecular weight excluding hydrogens is 364 g/mol. The number of aromatic amines is 1. The average Bonchev–Trinajstić information content (AvgIpc) is 3.33. The van der Waals surface area contributed by atoms with E-state index in [2.05, 4.69) is 58.0 Å². The van der Waals surface area contributed by atoms with Crippen molar-refractivity contribution in [2.75, 3.05) is 13.1 Å². The highest BCUT2D eigenvalue weighted by molar-refractivity contribution is 6.02. The van der Waals surface area contributed by atoms with Crippen LogP contribution in [0.1, 0.15) is 39.7 Å². The second-order valence-corrected chi connectivity index (χ2v) is 8.39. The maximum absolute atomic E-state index is 10.4. The Morgan fingerprint density at radius 3 is 2.76 bits per heavy atom. The molecule has 0 saturated carbocycles. The van der Waals surface area contributed by atoms with Gasteiger partial charge in [-0.1, -0.05) is 12.6 Å². The van der Waals surface area contributed by atoms with Gasteiger partial charge in [-0.2, -0.15) is 10.2 Å². The van der Waals surface area contributed by atoms with Crippen molar-refractivity contribution < 1.29 is 5.11 Å². The van der Waals surface area contributed by atoms with Crippen molar-refractivity contribution in [1.82, 2.24) is 20.4 Å². The maximum atomic E-state index is 10.4. The second-order valence-electron chi connectivity index (χ2n) is 8.39. The second kappa shape index (κ2) is 8.61. The van der Waals surface area contributed by atoms with Crippen molar-refractivity contribution in [1.29, 1.82) is 0 Å². The van der Waals surface area contributed by atoms with Crippen LogP contribution in [0.15, 0.2) is 53.5 Å². The molecule has 29 heavy (non-hydrogen) atoms. The number of aromatic nitrogens is 2. The quantitative estimate of drug-likeness (QED) is 0.411. The van der Waals surface area contributed by atoms with Gasteiger partial charge in [-0.15, -0.1) is 5.10 Å². The van der Waals surface area contributed by atoms with Crippen LogP contribution in [0.3, 0.4) is 0 Å². The molecule has 1 aliphatic heterocycles. The van der Waals surface area contributed by atoms with Gasteiger partial charge in [0.25, 0.3) is 0 Å². The van der Waals surface area contributed by atoms with Crippen LogP contribution in [0.2, 0.25) is 0 Å². The van der Waals surface area contributed by atoms with E-state index in [4.69, 9.17) is 0 Å². The van der Waals surface area contributed by atoms with Gasteiger partial charge in [0.1, 0.15) is 5.75 Å². The standard InChI is InChI=1S/C22H30N6O/c1-6-21(28-10-9-18(14-28)25-22(3,4)5)27-26-15(2)19-8-7-16(11-20(19)29)17-12-23-24-13-17/h6-8,11-13,18,25,29H,1,9-10,14H2,2-5H3,(H,23,24)/b26-15+,27-21+. The number of phenols is 1. The van der Waals surface area contributed by atoms with Crippen LogP contribution in [0.4, 0.5) is 0 Å². The lowest BCUT2D eigenvalue weighted by molar-refractivity contribution is 0.360. The summed E-state index contributed by atoms with van der Waals surface area (Å²) < 4.78 is 0. The third-order valence-electron chi connectivity index (χ3n) is 4.85. The lowest BCUT2D eigenvalue weighted by Crippen LogP contribution is -2.45. The van der Waals surface area contributed by atoms with E-state index in [1.165, 1.54) is 0 Å². The van der Waals surface area contributed by atoms with Crippen LogP contribution >= 0.6 is 0 Å². The molecule has 1 aliphatic rings. The smallest absolute Gasteiger partial charge is 0.150 e. The minimum atomic E-state index is 0.0844. The predicted octanol–water partition coefficient (Wildman–Crippen LogP) is 3.55. The van der Waals surface area contributed by atoms with Gasteiger partial charge < -0.3 is 15.3 Å². The number of hydrogen-bond donors (Lipinski definition) is 3. The number of aromatic hydroxyl groups is 1. The first-order valence-electron chi connectivity index (χ1n) is 9.86. The van der Waals surface area contributed by atoms with Crippen LogP contribution in [0, 0.1) is 0 Å². The van der Waals surface area contributed by atoms with Gasteiger partial charge in [-0.05, 0) is 57.9 Å². The van der Waals surface area contributed by atoms with Crippen molar-refractivity contribution in [3.05, 3.63) is 48.8 Å². The molecule has 0 amide bonds. The normalized spacial score (nSPS) is 18.3. The number of amidine groups is 1. The number of benzene rings is 1. The van der Waals surface area contributed by atoms with Crippen molar-refractivity contribution in [2.24, 2.45) is 10.2 Å². The summed E-state index contributed by atoms with van der Waals surface area (Å²) in [5.74, 6) is 0.910. The largest absolute Gasteiger partial charge is 0.507 e. The van der Waals surface area contributed by atoms with Gasteiger partial charge >= 0.3 is 0 Å². The molecule has 3 rings (SSSR count). The molecule has 3 N–H and O–H groups in total. The highest BCUT2D eigenvalue weighted by Gasteiger charge is 2.26. The SMILES string of the molecule is C=C/C(=N\N=C(/C)c1ccc(-c2cn[nH]c2)cc1O)N1CCC(NC(C)(C)C)C1. The molecule has 0 bridgehead atoms. The Morgan fingerprint density at radius 1 is 1.34 bits per heavy atom. The van der Waals surface area contributed by atoms with E-state index in [1.807, 2.05) is 19.1 Å². The molecular formula is C22H30N6O. The van der Waals surface area contributed by atoms with E-state index < -0.39 is 0 Å². The van der Waals surface area contributed by atoms with Gasteiger partial charge in [0.05, 0.1) is 11.9 Å². The molecule has 1 atom stereocenters. The minimum absolute atomic E-state index is 0.0844. The Bertz CT molecular complexity index is 908. The summed E-state index contributed by atoms with van der Waals surface area (Å²) in [6.45, 7) is 14.1. The maximum Gasteiger partial charge on any atom is 0.150 e. The lowest BCUT2D eigenvalue weighted by atomic mass is 10.0. The summed E-state index contributed by atoms with van der Waals surface area (Å²) in [5, 5.41) is 29.5. The Labute approximate surface area is 172 Å². The van der Waals surface area contributed by atoms with Crippen LogP contribution in [0.25, 0.3) is 11.1 Å². The molecule has 1 unspecified atom stereocenters. The van der Waals surface area contributed by atoms with Crippen molar-refractivity contribution in [3.8, 4) is 16.9 Å². The zero-order valence-electron chi connectivity index (χ0n) is 17.6.